The zero-order valence-corrected chi connectivity index (χ0v) is 26.3. The third kappa shape index (κ3) is 7.67. The van der Waals surface area contributed by atoms with Gasteiger partial charge in [-0.3, -0.25) is 4.79 Å². The third-order valence-corrected chi connectivity index (χ3v) is 8.19. The second-order valence-corrected chi connectivity index (χ2v) is 11.0. The number of dihydropyridines is 1. The fourth-order valence-electron chi connectivity index (χ4n) is 5.40. The Morgan fingerprint density at radius 3 is 2.07 bits per heavy atom. The van der Waals surface area contributed by atoms with E-state index in [2.05, 4.69) is 10.2 Å². The fourth-order valence-corrected chi connectivity index (χ4v) is 6.01. The first kappa shape index (κ1) is 33.5. The molecule has 4 rings (SSSR count). The minimum absolute atomic E-state index is 0. The highest BCUT2D eigenvalue weighted by molar-refractivity contribution is 6.36. The molecule has 2 heterocycles. The molecule has 1 saturated heterocycles. The molecule has 0 bridgehead atoms. The van der Waals surface area contributed by atoms with Crippen molar-refractivity contribution >= 4 is 53.5 Å². The number of benzene rings is 2. The Labute approximate surface area is 263 Å². The van der Waals surface area contributed by atoms with Crippen molar-refractivity contribution in [2.45, 2.75) is 31.6 Å². The molecule has 42 heavy (non-hydrogen) atoms. The van der Waals surface area contributed by atoms with Crippen LogP contribution in [-0.4, -0.2) is 75.1 Å². The number of aryl methyl sites for hydroxylation is 1. The van der Waals surface area contributed by atoms with Crippen molar-refractivity contribution in [2.75, 3.05) is 47.4 Å². The minimum atomic E-state index is -1.01. The molecule has 2 aromatic carbocycles. The number of likely N-dealkylation sites (N-methyl/N-ethyl adjacent to an activating group) is 1. The SMILES string of the molecule is COC(=O)C1=C(CCc2ccccc2)NC(CC(=O)N2CCCN(C)CC2)=C(C(=O)OC)C1c1c(Cl)cccc1Cl.Cl. The Hall–Kier alpha value is -3.04. The van der Waals surface area contributed by atoms with E-state index >= 15 is 0 Å². The number of rotatable bonds is 8. The van der Waals surface area contributed by atoms with Crippen molar-refractivity contribution in [2.24, 2.45) is 0 Å². The number of amides is 1. The summed E-state index contributed by atoms with van der Waals surface area (Å²) in [6, 6.07) is 14.8. The molecule has 0 radical (unpaired) electrons. The maximum absolute atomic E-state index is 13.6. The molecule has 1 N–H and O–H groups in total. The van der Waals surface area contributed by atoms with Gasteiger partial charge in [-0.05, 0) is 50.6 Å². The van der Waals surface area contributed by atoms with Crippen LogP contribution < -0.4 is 5.32 Å². The van der Waals surface area contributed by atoms with Crippen molar-refractivity contribution in [3.05, 3.63) is 92.2 Å². The van der Waals surface area contributed by atoms with E-state index in [1.807, 2.05) is 42.3 Å². The summed E-state index contributed by atoms with van der Waals surface area (Å²) in [6.45, 7) is 2.86. The fraction of sp³-hybridized carbons (Fsp3) is 0.387. The second kappa shape index (κ2) is 15.4. The van der Waals surface area contributed by atoms with E-state index in [0.29, 0.717) is 42.9 Å². The average molecular weight is 637 g/mol. The van der Waals surface area contributed by atoms with Crippen LogP contribution in [0.4, 0.5) is 0 Å². The van der Waals surface area contributed by atoms with Crippen molar-refractivity contribution < 1.29 is 23.9 Å². The first-order chi connectivity index (χ1) is 19.7. The van der Waals surface area contributed by atoms with Gasteiger partial charge in [0.1, 0.15) is 0 Å². The van der Waals surface area contributed by atoms with Crippen molar-refractivity contribution in [3.63, 3.8) is 0 Å². The molecule has 0 aliphatic carbocycles. The number of methoxy groups -OCH3 is 2. The third-order valence-electron chi connectivity index (χ3n) is 7.54. The van der Waals surface area contributed by atoms with E-state index in [9.17, 15) is 14.4 Å². The molecule has 8 nitrogen and oxygen atoms in total. The monoisotopic (exact) mass is 635 g/mol. The molecule has 2 aliphatic rings. The van der Waals surface area contributed by atoms with Gasteiger partial charge >= 0.3 is 11.9 Å². The summed E-state index contributed by atoms with van der Waals surface area (Å²) in [5, 5.41) is 3.85. The lowest BCUT2D eigenvalue weighted by atomic mass is 9.78. The van der Waals surface area contributed by atoms with Crippen LogP contribution in [-0.2, 0) is 30.3 Å². The summed E-state index contributed by atoms with van der Waals surface area (Å²) in [5.74, 6) is -2.47. The first-order valence-electron chi connectivity index (χ1n) is 13.6. The number of carbonyl (C=O) groups excluding carboxylic acids is 3. The van der Waals surface area contributed by atoms with Gasteiger partial charge < -0.3 is 24.6 Å². The summed E-state index contributed by atoms with van der Waals surface area (Å²) in [5.41, 5.74) is 2.63. The summed E-state index contributed by atoms with van der Waals surface area (Å²) in [4.78, 5) is 44.5. The van der Waals surface area contributed by atoms with E-state index in [4.69, 9.17) is 32.7 Å². The standard InChI is InChI=1S/C31H35Cl2N3O5.ClH/c1-35-15-8-16-36(18-17-35)25(37)19-24-28(31(39)41-3)29(26-21(32)11-7-12-22(26)33)27(30(38)40-2)23(34-24)14-13-20-9-5-4-6-10-20;/h4-7,9-12,29,34H,8,13-19H2,1-3H3;1H. The normalized spacial score (nSPS) is 17.6. The molecular formula is C31H36Cl3N3O5. The number of ether oxygens (including phenoxy) is 2. The van der Waals surface area contributed by atoms with E-state index in [1.165, 1.54) is 14.2 Å². The van der Waals surface area contributed by atoms with E-state index in [-0.39, 0.29) is 45.9 Å². The van der Waals surface area contributed by atoms with Crippen molar-refractivity contribution in [1.29, 1.82) is 0 Å². The van der Waals surface area contributed by atoms with E-state index in [1.54, 1.807) is 18.2 Å². The quantitative estimate of drug-likeness (QED) is 0.402. The molecule has 2 aliphatic heterocycles. The van der Waals surface area contributed by atoms with Crippen LogP contribution in [0.15, 0.2) is 71.1 Å². The van der Waals surface area contributed by atoms with Gasteiger partial charge in [-0.1, -0.05) is 59.6 Å². The van der Waals surface area contributed by atoms with Crippen LogP contribution >= 0.6 is 35.6 Å². The first-order valence-corrected chi connectivity index (χ1v) is 14.3. The zero-order valence-electron chi connectivity index (χ0n) is 24.0. The Morgan fingerprint density at radius 1 is 0.833 bits per heavy atom. The Bertz CT molecular complexity index is 1340. The molecule has 1 fully saturated rings. The smallest absolute Gasteiger partial charge is 0.336 e. The van der Waals surface area contributed by atoms with Gasteiger partial charge in [0, 0.05) is 46.6 Å². The lowest BCUT2D eigenvalue weighted by Crippen LogP contribution is -2.39. The minimum Gasteiger partial charge on any atom is -0.466 e. The molecule has 2 aromatic rings. The van der Waals surface area contributed by atoms with Gasteiger partial charge in [-0.25, -0.2) is 9.59 Å². The molecular weight excluding hydrogens is 601 g/mol. The average Bonchev–Trinajstić information content (AvgIpc) is 3.20. The number of esters is 2. The largest absolute Gasteiger partial charge is 0.466 e. The number of nitrogens with one attached hydrogen (secondary N) is 1. The molecule has 1 unspecified atom stereocenters. The maximum Gasteiger partial charge on any atom is 0.336 e. The molecule has 226 valence electrons. The molecule has 0 saturated carbocycles. The Kier molecular flexibility index (Phi) is 12.3. The molecule has 1 amide bonds. The summed E-state index contributed by atoms with van der Waals surface area (Å²) >= 11 is 13.4. The highest BCUT2D eigenvalue weighted by atomic mass is 35.5. The highest BCUT2D eigenvalue weighted by Gasteiger charge is 2.42. The van der Waals surface area contributed by atoms with Crippen molar-refractivity contribution in [3.8, 4) is 0 Å². The van der Waals surface area contributed by atoms with Crippen molar-refractivity contribution in [1.82, 2.24) is 15.1 Å². The van der Waals surface area contributed by atoms with Gasteiger partial charge in [0.05, 0.1) is 37.7 Å². The van der Waals surface area contributed by atoms with E-state index < -0.39 is 17.9 Å². The van der Waals surface area contributed by atoms with Crippen LogP contribution in [0.1, 0.15) is 36.3 Å². The molecule has 11 heteroatoms. The number of hydrogen-bond acceptors (Lipinski definition) is 7. The summed E-state index contributed by atoms with van der Waals surface area (Å²) < 4.78 is 10.4. The van der Waals surface area contributed by atoms with Crippen LogP contribution in [0.2, 0.25) is 10.0 Å². The van der Waals surface area contributed by atoms with Gasteiger partial charge in [0.15, 0.2) is 0 Å². The summed E-state index contributed by atoms with van der Waals surface area (Å²) in [7, 11) is 4.58. The van der Waals surface area contributed by atoms with Gasteiger partial charge in [0.25, 0.3) is 0 Å². The predicted molar refractivity (Wildman–Crippen MR) is 166 cm³/mol. The Balaban J connectivity index is 0.00000484. The van der Waals surface area contributed by atoms with Gasteiger partial charge in [-0.15, -0.1) is 12.4 Å². The molecule has 1 atom stereocenters. The zero-order chi connectivity index (χ0) is 29.5. The molecule has 0 spiro atoms. The van der Waals surface area contributed by atoms with Crippen LogP contribution in [0.5, 0.6) is 0 Å². The highest BCUT2D eigenvalue weighted by Crippen LogP contribution is 2.46. The number of hydrogen-bond donors (Lipinski definition) is 1. The topological polar surface area (TPSA) is 88.2 Å². The predicted octanol–water partition coefficient (Wildman–Crippen LogP) is 5.14. The number of carbonyl (C=O) groups is 3. The Morgan fingerprint density at radius 2 is 1.45 bits per heavy atom. The van der Waals surface area contributed by atoms with Crippen LogP contribution in [0.3, 0.4) is 0 Å². The number of halogens is 3. The summed E-state index contributed by atoms with van der Waals surface area (Å²) in [6.07, 6.45) is 1.77. The lowest BCUT2D eigenvalue weighted by molar-refractivity contribution is -0.137. The van der Waals surface area contributed by atoms with Gasteiger partial charge in [-0.2, -0.15) is 0 Å². The van der Waals surface area contributed by atoms with Crippen LogP contribution in [0.25, 0.3) is 0 Å². The number of allylic oxidation sites excluding steroid dienone is 1. The molecule has 0 aromatic heterocycles. The van der Waals surface area contributed by atoms with Crippen LogP contribution in [0, 0.1) is 0 Å². The van der Waals surface area contributed by atoms with Gasteiger partial charge in [0.2, 0.25) is 5.91 Å². The second-order valence-electron chi connectivity index (χ2n) is 10.2. The number of nitrogens with zero attached hydrogens (tertiary/aromatic N) is 2. The van der Waals surface area contributed by atoms with E-state index in [0.717, 1.165) is 25.1 Å². The maximum atomic E-state index is 13.6. The lowest BCUT2D eigenvalue weighted by Gasteiger charge is -2.33.